The van der Waals surface area contributed by atoms with Crippen LogP contribution < -0.4 is 4.90 Å². The van der Waals surface area contributed by atoms with Gasteiger partial charge in [0, 0.05) is 26.2 Å². The zero-order valence-corrected chi connectivity index (χ0v) is 10.4. The highest BCUT2D eigenvalue weighted by Gasteiger charge is 2.22. The van der Waals surface area contributed by atoms with Crippen molar-refractivity contribution >= 4 is 17.4 Å². The van der Waals surface area contributed by atoms with Crippen LogP contribution in [0.15, 0.2) is 12.5 Å². The molecule has 0 amide bonds. The molecule has 1 aromatic rings. The van der Waals surface area contributed by atoms with Gasteiger partial charge in [-0.05, 0) is 6.92 Å². The lowest BCUT2D eigenvalue weighted by Crippen LogP contribution is -2.49. The second-order valence-corrected chi connectivity index (χ2v) is 4.43. The molecule has 1 atom stereocenters. The summed E-state index contributed by atoms with van der Waals surface area (Å²) in [7, 11) is 0. The van der Waals surface area contributed by atoms with Crippen molar-refractivity contribution in [1.82, 2.24) is 14.9 Å². The third kappa shape index (κ3) is 2.65. The monoisotopic (exact) mass is 251 g/mol. The maximum absolute atomic E-state index is 8.87. The number of hydrogen-bond donors (Lipinski definition) is 0. The predicted molar refractivity (Wildman–Crippen MR) is 65.9 cm³/mol. The summed E-state index contributed by atoms with van der Waals surface area (Å²) in [5, 5.41) is 9.45. The number of aromatic nitrogens is 2. The van der Waals surface area contributed by atoms with Crippen molar-refractivity contribution in [2.45, 2.75) is 13.0 Å². The van der Waals surface area contributed by atoms with Gasteiger partial charge < -0.3 is 4.90 Å². The van der Waals surface area contributed by atoms with Crippen molar-refractivity contribution in [2.75, 3.05) is 31.1 Å². The summed E-state index contributed by atoms with van der Waals surface area (Å²) in [5.41, 5.74) is 0. The molecule has 1 aliphatic heterocycles. The molecule has 0 spiro atoms. The zero-order chi connectivity index (χ0) is 12.3. The second kappa shape index (κ2) is 5.30. The summed E-state index contributed by atoms with van der Waals surface area (Å²) < 4.78 is 0. The van der Waals surface area contributed by atoms with Crippen LogP contribution in [-0.4, -0.2) is 47.1 Å². The quantitative estimate of drug-likeness (QED) is 0.790. The third-order valence-electron chi connectivity index (χ3n) is 3.00. The van der Waals surface area contributed by atoms with Gasteiger partial charge in [0.15, 0.2) is 5.82 Å². The van der Waals surface area contributed by atoms with Crippen LogP contribution in [0.1, 0.15) is 6.92 Å². The van der Waals surface area contributed by atoms with Crippen LogP contribution in [-0.2, 0) is 0 Å². The second-order valence-electron chi connectivity index (χ2n) is 4.02. The minimum atomic E-state index is -0.0296. The number of halogens is 1. The van der Waals surface area contributed by atoms with E-state index >= 15 is 0 Å². The van der Waals surface area contributed by atoms with E-state index in [2.05, 4.69) is 25.8 Å². The average molecular weight is 252 g/mol. The van der Waals surface area contributed by atoms with Crippen molar-refractivity contribution in [3.63, 3.8) is 0 Å². The van der Waals surface area contributed by atoms with Crippen LogP contribution in [0, 0.1) is 11.3 Å². The molecule has 17 heavy (non-hydrogen) atoms. The highest BCUT2D eigenvalue weighted by Crippen LogP contribution is 2.22. The first-order valence-electron chi connectivity index (χ1n) is 5.56. The third-order valence-corrected chi connectivity index (χ3v) is 3.26. The molecule has 2 rings (SSSR count). The molecule has 2 heterocycles. The van der Waals surface area contributed by atoms with E-state index in [1.165, 1.54) is 6.33 Å². The molecule has 1 unspecified atom stereocenters. The maximum Gasteiger partial charge on any atom is 0.150 e. The van der Waals surface area contributed by atoms with Gasteiger partial charge in [-0.15, -0.1) is 0 Å². The van der Waals surface area contributed by atoms with Crippen LogP contribution in [0.5, 0.6) is 0 Å². The Labute approximate surface area is 106 Å². The van der Waals surface area contributed by atoms with Crippen LogP contribution in [0.25, 0.3) is 0 Å². The maximum atomic E-state index is 8.87. The lowest BCUT2D eigenvalue weighted by molar-refractivity contribution is 0.231. The smallest absolute Gasteiger partial charge is 0.150 e. The van der Waals surface area contributed by atoms with E-state index in [4.69, 9.17) is 16.9 Å². The lowest BCUT2D eigenvalue weighted by atomic mass is 10.2. The van der Waals surface area contributed by atoms with Crippen molar-refractivity contribution in [3.05, 3.63) is 17.5 Å². The Morgan fingerprint density at radius 2 is 2.12 bits per heavy atom. The normalized spacial score (nSPS) is 18.8. The first kappa shape index (κ1) is 12.1. The highest BCUT2D eigenvalue weighted by atomic mass is 35.5. The van der Waals surface area contributed by atoms with Crippen LogP contribution in [0.3, 0.4) is 0 Å². The van der Waals surface area contributed by atoms with Crippen LogP contribution in [0.4, 0.5) is 5.82 Å². The lowest BCUT2D eigenvalue weighted by Gasteiger charge is -2.36. The van der Waals surface area contributed by atoms with Gasteiger partial charge in [-0.2, -0.15) is 5.26 Å². The van der Waals surface area contributed by atoms with E-state index in [1.807, 2.05) is 6.92 Å². The Bertz CT molecular complexity index is 422. The predicted octanol–water partition coefficient (Wildman–Crippen LogP) is 1.16. The molecule has 5 nitrogen and oxygen atoms in total. The molecule has 6 heteroatoms. The molecule has 1 fully saturated rings. The van der Waals surface area contributed by atoms with Gasteiger partial charge in [0.1, 0.15) is 11.3 Å². The van der Waals surface area contributed by atoms with Gasteiger partial charge in [-0.3, -0.25) is 4.90 Å². The van der Waals surface area contributed by atoms with Crippen LogP contribution in [0.2, 0.25) is 5.02 Å². The van der Waals surface area contributed by atoms with E-state index in [9.17, 15) is 0 Å². The van der Waals surface area contributed by atoms with Gasteiger partial charge in [-0.1, -0.05) is 11.6 Å². The van der Waals surface area contributed by atoms with Gasteiger partial charge in [0.25, 0.3) is 0 Å². The first-order valence-corrected chi connectivity index (χ1v) is 5.94. The molecule has 0 saturated carbocycles. The van der Waals surface area contributed by atoms with Gasteiger partial charge in [0.05, 0.1) is 18.3 Å². The number of piperazine rings is 1. The van der Waals surface area contributed by atoms with Gasteiger partial charge in [-0.25, -0.2) is 9.97 Å². The van der Waals surface area contributed by atoms with Gasteiger partial charge >= 0.3 is 0 Å². The highest BCUT2D eigenvalue weighted by molar-refractivity contribution is 6.32. The van der Waals surface area contributed by atoms with E-state index in [0.717, 1.165) is 32.0 Å². The van der Waals surface area contributed by atoms with Crippen molar-refractivity contribution in [2.24, 2.45) is 0 Å². The first-order chi connectivity index (χ1) is 8.22. The Morgan fingerprint density at radius 1 is 1.41 bits per heavy atom. The largest absolute Gasteiger partial charge is 0.353 e. The molecule has 1 aromatic heterocycles. The molecule has 90 valence electrons. The summed E-state index contributed by atoms with van der Waals surface area (Å²) in [6, 6.07) is 2.23. The summed E-state index contributed by atoms with van der Waals surface area (Å²) >= 11 is 6.05. The Hall–Kier alpha value is -1.38. The molecule has 0 aromatic carbocycles. The van der Waals surface area contributed by atoms with E-state index in [0.29, 0.717) is 5.02 Å². The molecular formula is C11H14ClN5. The van der Waals surface area contributed by atoms with Gasteiger partial charge in [0.2, 0.25) is 0 Å². The molecule has 0 N–H and O–H groups in total. The van der Waals surface area contributed by atoms with Crippen molar-refractivity contribution < 1.29 is 0 Å². The summed E-state index contributed by atoms with van der Waals surface area (Å²) in [6.45, 7) is 5.31. The molecule has 0 aliphatic carbocycles. The van der Waals surface area contributed by atoms with Crippen molar-refractivity contribution in [1.29, 1.82) is 5.26 Å². The Balaban J connectivity index is 2.01. The summed E-state index contributed by atoms with van der Waals surface area (Å²) in [6.07, 6.45) is 3.11. The zero-order valence-electron chi connectivity index (χ0n) is 9.67. The topological polar surface area (TPSA) is 56.1 Å². The molecule has 0 bridgehead atoms. The number of nitrogens with zero attached hydrogens (tertiary/aromatic N) is 5. The molecule has 1 saturated heterocycles. The minimum absolute atomic E-state index is 0.0296. The van der Waals surface area contributed by atoms with Crippen LogP contribution >= 0.6 is 11.6 Å². The fraction of sp³-hybridized carbons (Fsp3) is 0.545. The fourth-order valence-corrected chi connectivity index (χ4v) is 2.17. The summed E-state index contributed by atoms with van der Waals surface area (Å²) in [5.74, 6) is 0.783. The fourth-order valence-electron chi connectivity index (χ4n) is 1.94. The van der Waals surface area contributed by atoms with E-state index in [1.54, 1.807) is 6.20 Å². The Kier molecular flexibility index (Phi) is 3.77. The molecular weight excluding hydrogens is 238 g/mol. The molecule has 0 radical (unpaired) electrons. The Morgan fingerprint density at radius 3 is 2.71 bits per heavy atom. The average Bonchev–Trinajstić information content (AvgIpc) is 2.39. The summed E-state index contributed by atoms with van der Waals surface area (Å²) in [4.78, 5) is 12.4. The van der Waals surface area contributed by atoms with E-state index < -0.39 is 0 Å². The SMILES string of the molecule is CC(C#N)N1CCN(c2ncncc2Cl)CC1. The minimum Gasteiger partial charge on any atom is -0.353 e. The standard InChI is InChI=1S/C11H14ClN5/c1-9(6-13)16-2-4-17(5-3-16)11-10(12)7-14-8-15-11/h7-9H,2-5H2,1H3. The number of anilines is 1. The number of hydrogen-bond acceptors (Lipinski definition) is 5. The number of rotatable bonds is 2. The van der Waals surface area contributed by atoms with E-state index in [-0.39, 0.29) is 6.04 Å². The number of nitriles is 1. The van der Waals surface area contributed by atoms with Crippen molar-refractivity contribution in [3.8, 4) is 6.07 Å². The molecule has 1 aliphatic rings.